The molecule has 154 valence electrons. The van der Waals surface area contributed by atoms with Crippen molar-refractivity contribution in [2.24, 2.45) is 5.10 Å². The van der Waals surface area contributed by atoms with Crippen LogP contribution in [0, 0.1) is 17.0 Å². The fourth-order valence-corrected chi connectivity index (χ4v) is 3.11. The highest BCUT2D eigenvalue weighted by Gasteiger charge is 2.23. The van der Waals surface area contributed by atoms with Gasteiger partial charge in [0.1, 0.15) is 4.90 Å². The van der Waals surface area contributed by atoms with Crippen molar-refractivity contribution >= 4 is 28.1 Å². The average molecular weight is 423 g/mol. The normalized spacial score (nSPS) is 11.1. The van der Waals surface area contributed by atoms with Crippen molar-refractivity contribution in [1.82, 2.24) is 5.43 Å². The second-order valence-electron chi connectivity index (χ2n) is 5.51. The van der Waals surface area contributed by atoms with Gasteiger partial charge in [0.25, 0.3) is 5.69 Å². The van der Waals surface area contributed by atoms with Gasteiger partial charge in [-0.1, -0.05) is 6.07 Å². The molecular formula is C17H17N3O8S. The van der Waals surface area contributed by atoms with E-state index in [4.69, 9.17) is 8.92 Å². The Labute approximate surface area is 166 Å². The summed E-state index contributed by atoms with van der Waals surface area (Å²) in [6.45, 7) is 1.49. The number of amides is 1. The Kier molecular flexibility index (Phi) is 6.72. The molecule has 0 aliphatic carbocycles. The molecule has 11 nitrogen and oxygen atoms in total. The molecule has 1 N–H and O–H groups in total. The Morgan fingerprint density at radius 3 is 2.52 bits per heavy atom. The third-order valence-electron chi connectivity index (χ3n) is 3.61. The van der Waals surface area contributed by atoms with Crippen LogP contribution in [0.15, 0.2) is 46.4 Å². The largest absolute Gasteiger partial charge is 0.493 e. The van der Waals surface area contributed by atoms with Crippen LogP contribution in [0.25, 0.3) is 0 Å². The van der Waals surface area contributed by atoms with Crippen LogP contribution in [-0.2, 0) is 14.9 Å². The maximum absolute atomic E-state index is 12.5. The predicted molar refractivity (Wildman–Crippen MR) is 102 cm³/mol. The van der Waals surface area contributed by atoms with Gasteiger partial charge in [-0.15, -0.1) is 0 Å². The van der Waals surface area contributed by atoms with Crippen LogP contribution in [0.3, 0.4) is 0 Å². The van der Waals surface area contributed by atoms with E-state index in [2.05, 4.69) is 15.3 Å². The molecule has 12 heteroatoms. The summed E-state index contributed by atoms with van der Waals surface area (Å²) in [6, 6.07) is 7.66. The summed E-state index contributed by atoms with van der Waals surface area (Å²) in [7, 11) is -1.87. The average Bonchev–Trinajstić information content (AvgIpc) is 2.68. The second-order valence-corrected chi connectivity index (χ2v) is 7.06. The summed E-state index contributed by atoms with van der Waals surface area (Å²) < 4.78 is 39.6. The molecule has 0 saturated heterocycles. The Morgan fingerprint density at radius 2 is 1.90 bits per heavy atom. The topological polar surface area (TPSA) is 146 Å². The van der Waals surface area contributed by atoms with Crippen molar-refractivity contribution in [1.29, 1.82) is 0 Å². The highest BCUT2D eigenvalue weighted by atomic mass is 32.2. The molecule has 2 rings (SSSR count). The first-order valence-corrected chi connectivity index (χ1v) is 9.33. The predicted octanol–water partition coefficient (Wildman–Crippen LogP) is 2.37. The minimum Gasteiger partial charge on any atom is -0.493 e. The van der Waals surface area contributed by atoms with Crippen molar-refractivity contribution in [2.75, 3.05) is 14.2 Å². The molecule has 0 aliphatic rings. The minimum atomic E-state index is -4.35. The molecule has 0 aliphatic heterocycles. The quantitative estimate of drug-likeness (QED) is 0.309. The van der Waals surface area contributed by atoms with Crippen LogP contribution in [0.1, 0.15) is 11.1 Å². The number of carbonyl (C=O) groups is 1. The number of methoxy groups -OCH3 is 2. The standard InChI is InChI=1S/C17H17N3O8S/c1-11-4-6-13(9-14(11)20(22)23)29(24,25)28-15-7-5-12(8-16(15)26-2)10-18-19-17(21)27-3/h4-10H,1-3H3,(H,19,21)/b18-10+. The van der Waals surface area contributed by atoms with Gasteiger partial charge < -0.3 is 13.7 Å². The van der Waals surface area contributed by atoms with Crippen LogP contribution in [0.2, 0.25) is 0 Å². The number of ether oxygens (including phenoxy) is 2. The summed E-state index contributed by atoms with van der Waals surface area (Å²) in [5, 5.41) is 14.7. The lowest BCUT2D eigenvalue weighted by molar-refractivity contribution is -0.385. The molecule has 0 radical (unpaired) electrons. The lowest BCUT2D eigenvalue weighted by Gasteiger charge is -2.11. The molecule has 1 amide bonds. The molecule has 29 heavy (non-hydrogen) atoms. The molecule has 0 spiro atoms. The highest BCUT2D eigenvalue weighted by Crippen LogP contribution is 2.31. The molecule has 0 bridgehead atoms. The van der Waals surface area contributed by atoms with Crippen LogP contribution in [-0.4, -0.2) is 39.9 Å². The Hall–Kier alpha value is -3.67. The van der Waals surface area contributed by atoms with Crippen LogP contribution >= 0.6 is 0 Å². The third-order valence-corrected chi connectivity index (χ3v) is 4.84. The SMILES string of the molecule is COC(=O)N/N=C/c1ccc(OS(=O)(=O)c2ccc(C)c([N+](=O)[O-])c2)c(OC)c1. The van der Waals surface area contributed by atoms with Crippen molar-refractivity contribution in [3.63, 3.8) is 0 Å². The summed E-state index contributed by atoms with van der Waals surface area (Å²) in [5.74, 6) is -0.0639. The Morgan fingerprint density at radius 1 is 1.17 bits per heavy atom. The summed E-state index contributed by atoms with van der Waals surface area (Å²) in [6.07, 6.45) is 0.521. The number of carbonyl (C=O) groups excluding carboxylic acids is 1. The van der Waals surface area contributed by atoms with Gasteiger partial charge in [-0.3, -0.25) is 10.1 Å². The van der Waals surface area contributed by atoms with Crippen LogP contribution in [0.4, 0.5) is 10.5 Å². The first kappa shape index (κ1) is 21.6. The van der Waals surface area contributed by atoms with E-state index in [-0.39, 0.29) is 22.1 Å². The van der Waals surface area contributed by atoms with Gasteiger partial charge >= 0.3 is 16.2 Å². The minimum absolute atomic E-state index is 0.0669. The smallest absolute Gasteiger partial charge is 0.427 e. The van der Waals surface area contributed by atoms with Gasteiger partial charge in [0, 0.05) is 11.6 Å². The molecule has 0 unspecified atom stereocenters. The number of nitro benzene ring substituents is 1. The maximum Gasteiger partial charge on any atom is 0.427 e. The number of nitrogens with zero attached hydrogens (tertiary/aromatic N) is 2. The van der Waals surface area contributed by atoms with E-state index in [1.807, 2.05) is 0 Å². The monoisotopic (exact) mass is 423 g/mol. The number of hydrogen-bond donors (Lipinski definition) is 1. The summed E-state index contributed by atoms with van der Waals surface area (Å²) >= 11 is 0. The lowest BCUT2D eigenvalue weighted by Crippen LogP contribution is -2.16. The van der Waals surface area contributed by atoms with Gasteiger partial charge in [-0.05, 0) is 36.8 Å². The first-order chi connectivity index (χ1) is 13.7. The van der Waals surface area contributed by atoms with E-state index >= 15 is 0 Å². The molecule has 0 atom stereocenters. The number of benzene rings is 2. The van der Waals surface area contributed by atoms with Gasteiger partial charge in [0.2, 0.25) is 0 Å². The molecule has 0 aromatic heterocycles. The van der Waals surface area contributed by atoms with E-state index in [0.717, 1.165) is 6.07 Å². The number of nitrogens with one attached hydrogen (secondary N) is 1. The van der Waals surface area contributed by atoms with Crippen LogP contribution in [0.5, 0.6) is 11.5 Å². The van der Waals surface area contributed by atoms with Crippen molar-refractivity contribution < 1.29 is 31.8 Å². The number of aryl methyl sites for hydroxylation is 1. The van der Waals surface area contributed by atoms with E-state index in [1.54, 1.807) is 0 Å². The van der Waals surface area contributed by atoms with E-state index < -0.39 is 21.1 Å². The number of rotatable bonds is 7. The number of hydrogen-bond acceptors (Lipinski definition) is 9. The van der Waals surface area contributed by atoms with Crippen molar-refractivity contribution in [3.8, 4) is 11.5 Å². The number of nitro groups is 1. The molecule has 2 aromatic carbocycles. The Balaban J connectivity index is 2.30. The zero-order chi connectivity index (χ0) is 21.6. The zero-order valence-corrected chi connectivity index (χ0v) is 16.4. The van der Waals surface area contributed by atoms with E-state index in [9.17, 15) is 23.3 Å². The van der Waals surface area contributed by atoms with E-state index in [0.29, 0.717) is 11.1 Å². The lowest BCUT2D eigenvalue weighted by atomic mass is 10.2. The Bertz CT molecular complexity index is 1070. The zero-order valence-electron chi connectivity index (χ0n) is 15.6. The van der Waals surface area contributed by atoms with Crippen molar-refractivity contribution in [2.45, 2.75) is 11.8 Å². The maximum atomic E-state index is 12.5. The molecule has 0 saturated carbocycles. The fourth-order valence-electron chi connectivity index (χ4n) is 2.15. The molecule has 2 aromatic rings. The summed E-state index contributed by atoms with van der Waals surface area (Å²) in [5.41, 5.74) is 2.54. The van der Waals surface area contributed by atoms with Gasteiger partial charge in [0.05, 0.1) is 25.4 Å². The molecule has 0 heterocycles. The van der Waals surface area contributed by atoms with Crippen LogP contribution < -0.4 is 14.3 Å². The number of hydrazone groups is 1. The van der Waals surface area contributed by atoms with Gasteiger partial charge in [-0.25, -0.2) is 10.2 Å². The fraction of sp³-hybridized carbons (Fsp3) is 0.176. The van der Waals surface area contributed by atoms with Gasteiger partial charge in [-0.2, -0.15) is 13.5 Å². The van der Waals surface area contributed by atoms with Crippen molar-refractivity contribution in [3.05, 3.63) is 57.6 Å². The van der Waals surface area contributed by atoms with Gasteiger partial charge in [0.15, 0.2) is 11.5 Å². The summed E-state index contributed by atoms with van der Waals surface area (Å²) in [4.78, 5) is 21.0. The highest BCUT2D eigenvalue weighted by molar-refractivity contribution is 7.87. The third kappa shape index (κ3) is 5.42. The molecular weight excluding hydrogens is 406 g/mol. The second kappa shape index (κ2) is 9.01. The van der Waals surface area contributed by atoms with E-state index in [1.165, 1.54) is 57.7 Å². The molecule has 0 fully saturated rings. The first-order valence-electron chi connectivity index (χ1n) is 7.92.